The third kappa shape index (κ3) is 4.52. The monoisotopic (exact) mass is 367 g/mol. The average Bonchev–Trinajstić information content (AvgIpc) is 2.63. The number of hydrogen-bond acceptors (Lipinski definition) is 4. The minimum Gasteiger partial charge on any atom is -0.350 e. The highest BCUT2D eigenvalue weighted by Crippen LogP contribution is 2.23. The Morgan fingerprint density at radius 2 is 1.81 bits per heavy atom. The molecule has 0 spiro atoms. The largest absolute Gasteiger partial charge is 0.350 e. The highest BCUT2D eigenvalue weighted by atomic mass is 32.2. The Hall–Kier alpha value is -2.60. The molecule has 6 heteroatoms. The predicted molar refractivity (Wildman–Crippen MR) is 105 cm³/mol. The molecule has 1 aromatic heterocycles. The standard InChI is InChI=1S/C20H21N3O2S/c1-13(2)26-15-9-7-14(8-10-15)11-19(24)21-12-18-16-5-3-4-6-17(16)20(25)23-22-18/h3-10,13H,11-12H2,1-2H3,(H,21,24)(H,23,25). The second-order valence-electron chi connectivity index (χ2n) is 6.31. The molecule has 1 amide bonds. The van der Waals surface area contributed by atoms with E-state index in [9.17, 15) is 9.59 Å². The van der Waals surface area contributed by atoms with Crippen molar-refractivity contribution in [2.24, 2.45) is 0 Å². The molecule has 26 heavy (non-hydrogen) atoms. The van der Waals surface area contributed by atoms with Crippen molar-refractivity contribution in [2.75, 3.05) is 0 Å². The van der Waals surface area contributed by atoms with Crippen molar-refractivity contribution in [1.29, 1.82) is 0 Å². The Morgan fingerprint density at radius 1 is 1.12 bits per heavy atom. The quantitative estimate of drug-likeness (QED) is 0.656. The van der Waals surface area contributed by atoms with Crippen LogP contribution < -0.4 is 10.9 Å². The van der Waals surface area contributed by atoms with Gasteiger partial charge in [-0.15, -0.1) is 11.8 Å². The minimum absolute atomic E-state index is 0.0775. The van der Waals surface area contributed by atoms with E-state index in [1.807, 2.05) is 36.4 Å². The summed E-state index contributed by atoms with van der Waals surface area (Å²) < 4.78 is 0. The number of carbonyl (C=O) groups excluding carboxylic acids is 1. The molecule has 5 nitrogen and oxygen atoms in total. The molecular formula is C20H21N3O2S. The summed E-state index contributed by atoms with van der Waals surface area (Å²) in [4.78, 5) is 25.2. The number of carbonyl (C=O) groups is 1. The van der Waals surface area contributed by atoms with Crippen LogP contribution in [-0.2, 0) is 17.8 Å². The Labute approximate surface area is 156 Å². The number of rotatable bonds is 6. The van der Waals surface area contributed by atoms with Crippen LogP contribution in [0.1, 0.15) is 25.1 Å². The van der Waals surface area contributed by atoms with E-state index in [0.717, 1.165) is 10.9 Å². The van der Waals surface area contributed by atoms with Gasteiger partial charge in [-0.1, -0.05) is 44.2 Å². The summed E-state index contributed by atoms with van der Waals surface area (Å²) >= 11 is 1.80. The Bertz CT molecular complexity index is 965. The lowest BCUT2D eigenvalue weighted by Crippen LogP contribution is -2.26. The first-order chi connectivity index (χ1) is 12.5. The highest BCUT2D eigenvalue weighted by Gasteiger charge is 2.09. The van der Waals surface area contributed by atoms with E-state index >= 15 is 0 Å². The van der Waals surface area contributed by atoms with E-state index in [1.165, 1.54) is 4.90 Å². The molecule has 0 saturated carbocycles. The predicted octanol–water partition coefficient (Wildman–Crippen LogP) is 3.28. The third-order valence-electron chi connectivity index (χ3n) is 3.89. The van der Waals surface area contributed by atoms with Crippen molar-refractivity contribution in [1.82, 2.24) is 15.5 Å². The summed E-state index contributed by atoms with van der Waals surface area (Å²) in [5.41, 5.74) is 1.39. The molecule has 0 fully saturated rings. The fraction of sp³-hybridized carbons (Fsp3) is 0.250. The summed E-state index contributed by atoms with van der Waals surface area (Å²) in [6, 6.07) is 15.3. The van der Waals surface area contributed by atoms with Gasteiger partial charge in [-0.25, -0.2) is 5.10 Å². The van der Waals surface area contributed by atoms with E-state index in [0.29, 0.717) is 22.8 Å². The van der Waals surface area contributed by atoms with E-state index in [4.69, 9.17) is 0 Å². The van der Waals surface area contributed by atoms with Gasteiger partial charge in [-0.3, -0.25) is 9.59 Å². The summed E-state index contributed by atoms with van der Waals surface area (Å²) in [6.45, 7) is 4.58. The summed E-state index contributed by atoms with van der Waals surface area (Å²) in [5, 5.41) is 11.3. The number of thioether (sulfide) groups is 1. The molecule has 2 aromatic carbocycles. The second kappa shape index (κ2) is 8.19. The molecule has 3 aromatic rings. The van der Waals surface area contributed by atoms with Crippen molar-refractivity contribution in [3.8, 4) is 0 Å². The molecule has 0 atom stereocenters. The van der Waals surface area contributed by atoms with Crippen LogP contribution in [0.2, 0.25) is 0 Å². The van der Waals surface area contributed by atoms with Gasteiger partial charge >= 0.3 is 0 Å². The van der Waals surface area contributed by atoms with Crippen LogP contribution in [0.4, 0.5) is 0 Å². The Morgan fingerprint density at radius 3 is 2.50 bits per heavy atom. The third-order valence-corrected chi connectivity index (χ3v) is 4.90. The van der Waals surface area contributed by atoms with Crippen LogP contribution in [0.25, 0.3) is 10.8 Å². The van der Waals surface area contributed by atoms with E-state index in [-0.39, 0.29) is 18.0 Å². The molecule has 0 saturated heterocycles. The number of aromatic amines is 1. The zero-order chi connectivity index (χ0) is 18.5. The lowest BCUT2D eigenvalue weighted by molar-refractivity contribution is -0.120. The lowest BCUT2D eigenvalue weighted by atomic mass is 10.1. The number of H-pyrrole nitrogens is 1. The van der Waals surface area contributed by atoms with Gasteiger partial charge in [0.1, 0.15) is 0 Å². The summed E-state index contributed by atoms with van der Waals surface area (Å²) in [6.07, 6.45) is 0.313. The molecule has 134 valence electrons. The molecule has 0 bridgehead atoms. The van der Waals surface area contributed by atoms with Crippen LogP contribution >= 0.6 is 11.8 Å². The first kappa shape index (κ1) is 18.2. The van der Waals surface area contributed by atoms with Gasteiger partial charge in [0.25, 0.3) is 5.56 Å². The van der Waals surface area contributed by atoms with Crippen LogP contribution in [0.3, 0.4) is 0 Å². The molecule has 3 rings (SSSR count). The van der Waals surface area contributed by atoms with Crippen molar-refractivity contribution < 1.29 is 4.79 Å². The van der Waals surface area contributed by atoms with E-state index in [1.54, 1.807) is 23.9 Å². The van der Waals surface area contributed by atoms with Crippen molar-refractivity contribution in [3.63, 3.8) is 0 Å². The first-order valence-electron chi connectivity index (χ1n) is 8.51. The molecule has 0 aliphatic heterocycles. The normalized spacial score (nSPS) is 11.0. The molecule has 0 radical (unpaired) electrons. The van der Waals surface area contributed by atoms with Crippen LogP contribution in [-0.4, -0.2) is 21.4 Å². The van der Waals surface area contributed by atoms with Gasteiger partial charge in [-0.2, -0.15) is 5.10 Å². The van der Waals surface area contributed by atoms with E-state index < -0.39 is 0 Å². The number of nitrogens with one attached hydrogen (secondary N) is 2. The average molecular weight is 367 g/mol. The lowest BCUT2D eigenvalue weighted by Gasteiger charge is -2.08. The van der Waals surface area contributed by atoms with Crippen LogP contribution in [0.5, 0.6) is 0 Å². The number of benzene rings is 2. The maximum atomic E-state index is 12.2. The summed E-state index contributed by atoms with van der Waals surface area (Å²) in [7, 11) is 0. The van der Waals surface area contributed by atoms with Crippen LogP contribution in [0, 0.1) is 0 Å². The molecule has 0 aliphatic rings. The smallest absolute Gasteiger partial charge is 0.272 e. The maximum absolute atomic E-state index is 12.2. The Balaban J connectivity index is 1.63. The minimum atomic E-state index is -0.227. The fourth-order valence-electron chi connectivity index (χ4n) is 2.69. The number of fused-ring (bicyclic) bond motifs is 1. The number of nitrogens with zero attached hydrogens (tertiary/aromatic N) is 1. The van der Waals surface area contributed by atoms with Crippen molar-refractivity contribution in [3.05, 3.63) is 70.1 Å². The molecular weight excluding hydrogens is 346 g/mol. The zero-order valence-corrected chi connectivity index (χ0v) is 15.6. The van der Waals surface area contributed by atoms with Gasteiger partial charge in [0.05, 0.1) is 24.0 Å². The molecule has 2 N–H and O–H groups in total. The zero-order valence-electron chi connectivity index (χ0n) is 14.8. The fourth-order valence-corrected chi connectivity index (χ4v) is 3.53. The van der Waals surface area contributed by atoms with Crippen molar-refractivity contribution in [2.45, 2.75) is 37.0 Å². The first-order valence-corrected chi connectivity index (χ1v) is 9.39. The van der Waals surface area contributed by atoms with Gasteiger partial charge < -0.3 is 5.32 Å². The van der Waals surface area contributed by atoms with E-state index in [2.05, 4.69) is 29.4 Å². The number of aromatic nitrogens is 2. The SMILES string of the molecule is CC(C)Sc1ccc(CC(=O)NCc2n[nH]c(=O)c3ccccc23)cc1. The number of amides is 1. The molecule has 0 aliphatic carbocycles. The highest BCUT2D eigenvalue weighted by molar-refractivity contribution is 7.99. The maximum Gasteiger partial charge on any atom is 0.272 e. The number of hydrogen-bond donors (Lipinski definition) is 2. The van der Waals surface area contributed by atoms with Crippen molar-refractivity contribution >= 4 is 28.4 Å². The molecule has 1 heterocycles. The second-order valence-corrected chi connectivity index (χ2v) is 7.96. The van der Waals surface area contributed by atoms with Gasteiger partial charge in [-0.05, 0) is 23.8 Å². The Kier molecular flexibility index (Phi) is 5.73. The van der Waals surface area contributed by atoms with Gasteiger partial charge in [0, 0.05) is 15.5 Å². The molecule has 0 unspecified atom stereocenters. The van der Waals surface area contributed by atoms with Crippen LogP contribution in [0.15, 0.2) is 58.2 Å². The topological polar surface area (TPSA) is 74.8 Å². The summed E-state index contributed by atoms with van der Waals surface area (Å²) in [5.74, 6) is -0.0775. The van der Waals surface area contributed by atoms with Gasteiger partial charge in [0.15, 0.2) is 0 Å². The van der Waals surface area contributed by atoms with Gasteiger partial charge in [0.2, 0.25) is 5.91 Å².